The highest BCUT2D eigenvalue weighted by Crippen LogP contribution is 2.35. The number of hydrogen-bond donors (Lipinski definition) is 0. The number of nitro benzene ring substituents is 1. The molecule has 0 saturated carbocycles. The number of nitro groups is 1. The van der Waals surface area contributed by atoms with E-state index in [4.69, 9.17) is 13.9 Å². The summed E-state index contributed by atoms with van der Waals surface area (Å²) in [5.41, 5.74) is 3.85. The Labute approximate surface area is 201 Å². The molecule has 0 atom stereocenters. The third-order valence-electron chi connectivity index (χ3n) is 5.22. The summed E-state index contributed by atoms with van der Waals surface area (Å²) >= 11 is 0. The summed E-state index contributed by atoms with van der Waals surface area (Å²) in [4.78, 5) is 14.8. The van der Waals surface area contributed by atoms with Crippen molar-refractivity contribution in [3.05, 3.63) is 106 Å². The van der Waals surface area contributed by atoms with Crippen molar-refractivity contribution >= 4 is 28.4 Å². The molecule has 1 heterocycles. The first-order valence-electron chi connectivity index (χ1n) is 10.7. The molecule has 8 heteroatoms. The Hall–Kier alpha value is -4.90. The average Bonchev–Trinajstić information content (AvgIpc) is 3.31. The van der Waals surface area contributed by atoms with Crippen LogP contribution in [0.3, 0.4) is 0 Å². The molecule has 8 nitrogen and oxygen atoms in total. The zero-order valence-corrected chi connectivity index (χ0v) is 18.9. The van der Waals surface area contributed by atoms with Gasteiger partial charge in [-0.1, -0.05) is 18.2 Å². The predicted molar refractivity (Wildman–Crippen MR) is 132 cm³/mol. The fourth-order valence-corrected chi connectivity index (χ4v) is 3.55. The molecule has 0 fully saturated rings. The Morgan fingerprint density at radius 2 is 2.00 bits per heavy atom. The van der Waals surface area contributed by atoms with Gasteiger partial charge in [0.05, 0.1) is 12.0 Å². The SMILES string of the molecule is C=CCc1cc(/C=C(\C#N)c2nc3ccccc3o2)cc(OC)c1OCc1ccc([N+](=O)[O-])cc1. The smallest absolute Gasteiger partial charge is 0.269 e. The van der Waals surface area contributed by atoms with Gasteiger partial charge in [0.2, 0.25) is 5.89 Å². The van der Waals surface area contributed by atoms with Gasteiger partial charge in [0.25, 0.3) is 5.69 Å². The maximum Gasteiger partial charge on any atom is 0.269 e. The maximum atomic E-state index is 10.9. The van der Waals surface area contributed by atoms with E-state index in [1.807, 2.05) is 24.3 Å². The standard InChI is InChI=1S/C27H21N3O5/c1-3-6-20-13-19(14-21(16-28)27-29-23-7-4-5-8-24(23)35-27)15-25(33-2)26(20)34-17-18-9-11-22(12-10-18)30(31)32/h3-5,7-15H,1,6,17H2,2H3/b21-14+. The van der Waals surface area contributed by atoms with E-state index in [1.165, 1.54) is 19.2 Å². The highest BCUT2D eigenvalue weighted by atomic mass is 16.6. The van der Waals surface area contributed by atoms with Gasteiger partial charge >= 0.3 is 0 Å². The molecule has 0 amide bonds. The van der Waals surface area contributed by atoms with Crippen LogP contribution in [0.25, 0.3) is 22.7 Å². The summed E-state index contributed by atoms with van der Waals surface area (Å²) in [6.07, 6.45) is 3.92. The summed E-state index contributed by atoms with van der Waals surface area (Å²) < 4.78 is 17.4. The van der Waals surface area contributed by atoms with Gasteiger partial charge in [0.1, 0.15) is 23.8 Å². The number of allylic oxidation sites excluding steroid dienone is 2. The molecule has 3 aromatic carbocycles. The number of hydrogen-bond acceptors (Lipinski definition) is 7. The first-order chi connectivity index (χ1) is 17.0. The first-order valence-corrected chi connectivity index (χ1v) is 10.7. The normalized spacial score (nSPS) is 11.1. The lowest BCUT2D eigenvalue weighted by atomic mass is 10.0. The van der Waals surface area contributed by atoms with Gasteiger partial charge in [-0.15, -0.1) is 6.58 Å². The molecule has 0 saturated heterocycles. The van der Waals surface area contributed by atoms with Gasteiger partial charge < -0.3 is 13.9 Å². The van der Waals surface area contributed by atoms with Crippen LogP contribution in [-0.2, 0) is 13.0 Å². The van der Waals surface area contributed by atoms with Crippen LogP contribution in [0.5, 0.6) is 11.5 Å². The fraction of sp³-hybridized carbons (Fsp3) is 0.111. The fourth-order valence-electron chi connectivity index (χ4n) is 3.55. The quantitative estimate of drug-likeness (QED) is 0.126. The van der Waals surface area contributed by atoms with E-state index in [-0.39, 0.29) is 23.8 Å². The van der Waals surface area contributed by atoms with Crippen LogP contribution in [0.15, 0.2) is 77.7 Å². The minimum Gasteiger partial charge on any atom is -0.493 e. The molecule has 174 valence electrons. The van der Waals surface area contributed by atoms with E-state index >= 15 is 0 Å². The Morgan fingerprint density at radius 3 is 2.66 bits per heavy atom. The van der Waals surface area contributed by atoms with Crippen molar-refractivity contribution in [3.8, 4) is 17.6 Å². The van der Waals surface area contributed by atoms with Crippen molar-refractivity contribution in [2.24, 2.45) is 0 Å². The number of non-ortho nitro benzene ring substituents is 1. The van der Waals surface area contributed by atoms with E-state index < -0.39 is 4.92 Å². The summed E-state index contributed by atoms with van der Waals surface area (Å²) in [5.74, 6) is 1.24. The summed E-state index contributed by atoms with van der Waals surface area (Å²) in [6.45, 7) is 4.02. The summed E-state index contributed by atoms with van der Waals surface area (Å²) in [6, 6.07) is 19.3. The Bertz CT molecular complexity index is 1430. The van der Waals surface area contributed by atoms with Crippen LogP contribution in [0.4, 0.5) is 5.69 Å². The van der Waals surface area contributed by atoms with Gasteiger partial charge in [0, 0.05) is 17.7 Å². The number of methoxy groups -OCH3 is 1. The molecule has 0 aliphatic carbocycles. The van der Waals surface area contributed by atoms with Gasteiger partial charge in [0.15, 0.2) is 17.1 Å². The molecule has 0 bridgehead atoms. The lowest BCUT2D eigenvalue weighted by Crippen LogP contribution is -2.02. The molecule has 4 rings (SSSR count). The van der Waals surface area contributed by atoms with Gasteiger partial charge in [-0.2, -0.15) is 5.26 Å². The van der Waals surface area contributed by atoms with Crippen LogP contribution in [0.2, 0.25) is 0 Å². The zero-order chi connectivity index (χ0) is 24.8. The maximum absolute atomic E-state index is 10.9. The van der Waals surface area contributed by atoms with Crippen LogP contribution in [0, 0.1) is 21.4 Å². The van der Waals surface area contributed by atoms with Crippen molar-refractivity contribution in [3.63, 3.8) is 0 Å². The van der Waals surface area contributed by atoms with Crippen LogP contribution >= 0.6 is 0 Å². The van der Waals surface area contributed by atoms with Gasteiger partial charge in [-0.25, -0.2) is 4.98 Å². The molecule has 0 unspecified atom stereocenters. The number of ether oxygens (including phenoxy) is 2. The number of para-hydroxylation sites is 2. The second-order valence-corrected chi connectivity index (χ2v) is 7.57. The van der Waals surface area contributed by atoms with Crippen LogP contribution in [-0.4, -0.2) is 17.0 Å². The number of oxazole rings is 1. The second-order valence-electron chi connectivity index (χ2n) is 7.57. The monoisotopic (exact) mass is 467 g/mol. The van der Waals surface area contributed by atoms with E-state index in [1.54, 1.807) is 36.4 Å². The second kappa shape index (κ2) is 10.4. The first kappa shape index (κ1) is 23.3. The number of rotatable bonds is 9. The molecule has 1 aromatic heterocycles. The molecular weight excluding hydrogens is 446 g/mol. The molecule has 0 aliphatic heterocycles. The number of fused-ring (bicyclic) bond motifs is 1. The van der Waals surface area contributed by atoms with Crippen molar-refractivity contribution in [2.75, 3.05) is 7.11 Å². The van der Waals surface area contributed by atoms with Crippen molar-refractivity contribution in [1.29, 1.82) is 5.26 Å². The molecule has 0 radical (unpaired) electrons. The summed E-state index contributed by atoms with van der Waals surface area (Å²) in [7, 11) is 1.53. The lowest BCUT2D eigenvalue weighted by molar-refractivity contribution is -0.384. The average molecular weight is 467 g/mol. The van der Waals surface area contributed by atoms with Gasteiger partial charge in [-0.3, -0.25) is 10.1 Å². The van der Waals surface area contributed by atoms with E-state index in [2.05, 4.69) is 17.6 Å². The lowest BCUT2D eigenvalue weighted by Gasteiger charge is -2.16. The predicted octanol–water partition coefficient (Wildman–Crippen LogP) is 6.12. The van der Waals surface area contributed by atoms with Crippen molar-refractivity contribution in [1.82, 2.24) is 4.98 Å². The number of aromatic nitrogens is 1. The van der Waals surface area contributed by atoms with E-state index in [0.717, 1.165) is 11.1 Å². The minimum absolute atomic E-state index is 0.0158. The molecule has 0 spiro atoms. The topological polar surface area (TPSA) is 111 Å². The number of nitriles is 1. The Balaban J connectivity index is 1.66. The Morgan fingerprint density at radius 1 is 1.23 bits per heavy atom. The van der Waals surface area contributed by atoms with Crippen LogP contribution in [0.1, 0.15) is 22.6 Å². The van der Waals surface area contributed by atoms with E-state index in [9.17, 15) is 15.4 Å². The van der Waals surface area contributed by atoms with Crippen LogP contribution < -0.4 is 9.47 Å². The Kier molecular flexibility index (Phi) is 6.88. The van der Waals surface area contributed by atoms with E-state index in [0.29, 0.717) is 34.6 Å². The number of benzene rings is 3. The molecule has 0 aliphatic rings. The van der Waals surface area contributed by atoms with Crippen molar-refractivity contribution < 1.29 is 18.8 Å². The van der Waals surface area contributed by atoms with Gasteiger partial charge in [-0.05, 0) is 60.0 Å². The molecule has 0 N–H and O–H groups in total. The largest absolute Gasteiger partial charge is 0.493 e. The highest BCUT2D eigenvalue weighted by molar-refractivity contribution is 5.89. The highest BCUT2D eigenvalue weighted by Gasteiger charge is 2.15. The summed E-state index contributed by atoms with van der Waals surface area (Å²) in [5, 5.41) is 20.6. The third kappa shape index (κ3) is 5.20. The number of nitrogens with zero attached hydrogens (tertiary/aromatic N) is 3. The molecule has 35 heavy (non-hydrogen) atoms. The molecule has 4 aromatic rings. The minimum atomic E-state index is -0.446. The van der Waals surface area contributed by atoms with Crippen molar-refractivity contribution in [2.45, 2.75) is 13.0 Å². The zero-order valence-electron chi connectivity index (χ0n) is 18.9. The third-order valence-corrected chi connectivity index (χ3v) is 5.22. The molecular formula is C27H21N3O5.